The summed E-state index contributed by atoms with van der Waals surface area (Å²) < 4.78 is 6.88. The summed E-state index contributed by atoms with van der Waals surface area (Å²) in [5, 5.41) is 21.3. The molecule has 1 N–H and O–H groups in total. The van der Waals surface area contributed by atoms with Gasteiger partial charge < -0.3 is 9.72 Å². The topological polar surface area (TPSA) is 85.0 Å². The van der Waals surface area contributed by atoms with E-state index in [-0.39, 0.29) is 11.8 Å². The van der Waals surface area contributed by atoms with E-state index in [1.165, 1.54) is 11.8 Å². The Morgan fingerprint density at radius 3 is 1.93 bits per heavy atom. The monoisotopic (exact) mass is 586 g/mol. The fourth-order valence-electron chi connectivity index (χ4n) is 4.53. The number of nitrogens with one attached hydrogen (secondary N) is 1. The number of rotatable bonds is 8. The van der Waals surface area contributed by atoms with Gasteiger partial charge in [0.2, 0.25) is 0 Å². The van der Waals surface area contributed by atoms with Crippen molar-refractivity contribution in [1.29, 1.82) is 10.5 Å². The zero-order chi connectivity index (χ0) is 29.6. The predicted octanol–water partition coefficient (Wildman–Crippen LogP) is 9.66. The summed E-state index contributed by atoms with van der Waals surface area (Å²) in [4.78, 5) is 10.5. The number of hydrogen-bond donors (Lipinski definition) is 1. The van der Waals surface area contributed by atoms with Gasteiger partial charge in [-0.15, -0.1) is 0 Å². The molecule has 2 heterocycles. The molecule has 0 aliphatic carbocycles. The van der Waals surface area contributed by atoms with Gasteiger partial charge in [-0.3, -0.25) is 0 Å². The lowest BCUT2D eigenvalue weighted by molar-refractivity contribution is 0.487. The Balaban J connectivity index is 1.65. The van der Waals surface area contributed by atoms with Crippen LogP contribution in [0.15, 0.2) is 117 Å². The first kappa shape index (κ1) is 29.1. The molecule has 5 nitrogen and oxygen atoms in total. The van der Waals surface area contributed by atoms with Gasteiger partial charge in [-0.05, 0) is 77.6 Å². The molecule has 0 fully saturated rings. The number of ether oxygens (including phenoxy) is 1. The number of H-pyrrole nitrogens is 1. The summed E-state index contributed by atoms with van der Waals surface area (Å²) >= 11 is 3.08. The summed E-state index contributed by atoms with van der Waals surface area (Å²) in [5.41, 5.74) is 4.35. The van der Waals surface area contributed by atoms with E-state index in [2.05, 4.69) is 57.0 Å². The Labute approximate surface area is 255 Å². The van der Waals surface area contributed by atoms with E-state index in [0.717, 1.165) is 36.7 Å². The molecule has 3 aromatic carbocycles. The first-order valence-corrected chi connectivity index (χ1v) is 15.4. The van der Waals surface area contributed by atoms with Crippen LogP contribution in [0.3, 0.4) is 0 Å². The van der Waals surface area contributed by atoms with Crippen LogP contribution in [0.2, 0.25) is 0 Å². The molecule has 0 unspecified atom stereocenters. The normalized spacial score (nSPS) is 13.7. The van der Waals surface area contributed by atoms with Crippen LogP contribution in [0.4, 0.5) is 0 Å². The minimum atomic E-state index is 0.117. The molecular weight excluding hydrogens is 557 g/mol. The Bertz CT molecular complexity index is 1740. The number of aromatic nitrogens is 1. The van der Waals surface area contributed by atoms with Crippen molar-refractivity contribution < 1.29 is 4.74 Å². The number of benzene rings is 3. The SMILES string of the molecule is CC(C)c1cc(C#N)cc(C(C)C)c1O/C(=C1\C=CC(Sc2ccccc2)=N1)c1cc(C#N)c(Sc2ccccc2)[nH]1. The largest absolute Gasteiger partial charge is 0.452 e. The number of hydrogen-bond acceptors (Lipinski definition) is 6. The van der Waals surface area contributed by atoms with Gasteiger partial charge in [0.15, 0.2) is 5.76 Å². The van der Waals surface area contributed by atoms with Crippen LogP contribution in [-0.4, -0.2) is 10.0 Å². The van der Waals surface area contributed by atoms with Crippen molar-refractivity contribution in [2.45, 2.75) is 54.3 Å². The summed E-state index contributed by atoms with van der Waals surface area (Å²) in [7, 11) is 0. The van der Waals surface area contributed by atoms with Crippen LogP contribution in [0.5, 0.6) is 5.75 Å². The average molecular weight is 587 g/mol. The number of nitriles is 2. The summed E-state index contributed by atoms with van der Waals surface area (Å²) in [6, 6.07) is 30.3. The summed E-state index contributed by atoms with van der Waals surface area (Å²) in [5.74, 6) is 1.48. The van der Waals surface area contributed by atoms with Crippen molar-refractivity contribution in [2.24, 2.45) is 4.99 Å². The van der Waals surface area contributed by atoms with Gasteiger partial charge in [0.25, 0.3) is 0 Å². The lowest BCUT2D eigenvalue weighted by Crippen LogP contribution is -2.06. The number of thioether (sulfide) groups is 1. The molecule has 0 amide bonds. The molecule has 0 spiro atoms. The molecule has 0 saturated heterocycles. The van der Waals surface area contributed by atoms with Gasteiger partial charge in [-0.25, -0.2) is 4.99 Å². The standard InChI is InChI=1S/C35H30N4OS2/c1-22(2)28-17-24(20-36)18-29(23(3)4)33(28)40-34(30-15-16-32(38-30)41-26-11-7-5-8-12-26)31-19-25(21-37)35(39-31)42-27-13-9-6-10-14-27/h5-19,22-23,39H,1-4H3/b34-30+. The Kier molecular flexibility index (Phi) is 9.03. The highest BCUT2D eigenvalue weighted by Gasteiger charge is 2.24. The third kappa shape index (κ3) is 6.55. The summed E-state index contributed by atoms with van der Waals surface area (Å²) in [6.07, 6.45) is 3.93. The number of aliphatic imine (C=N–C) groups is 1. The second-order valence-corrected chi connectivity index (χ2v) is 12.6. The van der Waals surface area contributed by atoms with Crippen molar-refractivity contribution in [2.75, 3.05) is 0 Å². The lowest BCUT2D eigenvalue weighted by atomic mass is 9.91. The van der Waals surface area contributed by atoms with Crippen molar-refractivity contribution >= 4 is 34.3 Å². The molecule has 208 valence electrons. The molecular formula is C35H30N4OS2. The number of aromatic amines is 1. The minimum Gasteiger partial charge on any atom is -0.452 e. The zero-order valence-corrected chi connectivity index (χ0v) is 25.5. The smallest absolute Gasteiger partial charge is 0.176 e. The second-order valence-electron chi connectivity index (χ2n) is 10.4. The van der Waals surface area contributed by atoms with Crippen molar-refractivity contribution in [1.82, 2.24) is 4.98 Å². The van der Waals surface area contributed by atoms with Gasteiger partial charge in [-0.1, -0.05) is 87.6 Å². The zero-order valence-electron chi connectivity index (χ0n) is 23.9. The van der Waals surface area contributed by atoms with E-state index in [4.69, 9.17) is 9.73 Å². The molecule has 42 heavy (non-hydrogen) atoms. The average Bonchev–Trinajstić information content (AvgIpc) is 3.63. The van der Waals surface area contributed by atoms with Crippen LogP contribution >= 0.6 is 23.5 Å². The molecule has 0 atom stereocenters. The van der Waals surface area contributed by atoms with Gasteiger partial charge >= 0.3 is 0 Å². The molecule has 1 aromatic heterocycles. The molecule has 4 aromatic rings. The van der Waals surface area contributed by atoms with Crippen molar-refractivity contribution in [3.05, 3.63) is 125 Å². The van der Waals surface area contributed by atoms with E-state index < -0.39 is 0 Å². The maximum absolute atomic E-state index is 10.0. The van der Waals surface area contributed by atoms with Crippen LogP contribution in [0.1, 0.15) is 67.5 Å². The maximum Gasteiger partial charge on any atom is 0.176 e. The van der Waals surface area contributed by atoms with E-state index in [1.807, 2.05) is 78.9 Å². The van der Waals surface area contributed by atoms with Gasteiger partial charge in [0.1, 0.15) is 22.6 Å². The molecule has 5 rings (SSSR count). The van der Waals surface area contributed by atoms with Gasteiger partial charge in [0.05, 0.1) is 27.9 Å². The molecule has 1 aliphatic rings. The first-order chi connectivity index (χ1) is 20.4. The Hall–Kier alpha value is -4.43. The van der Waals surface area contributed by atoms with Crippen molar-refractivity contribution in [3.8, 4) is 17.9 Å². The fourth-order valence-corrected chi connectivity index (χ4v) is 6.25. The molecule has 1 aliphatic heterocycles. The van der Waals surface area contributed by atoms with Gasteiger partial charge in [-0.2, -0.15) is 10.5 Å². The maximum atomic E-state index is 10.0. The molecule has 7 heteroatoms. The third-order valence-corrected chi connectivity index (χ3v) is 8.62. The Morgan fingerprint density at radius 1 is 0.786 bits per heavy atom. The lowest BCUT2D eigenvalue weighted by Gasteiger charge is -2.22. The van der Waals surface area contributed by atoms with Crippen LogP contribution < -0.4 is 4.74 Å². The van der Waals surface area contributed by atoms with E-state index in [1.54, 1.807) is 11.8 Å². The first-order valence-electron chi connectivity index (χ1n) is 13.7. The fraction of sp³-hybridized carbons (Fsp3) is 0.171. The van der Waals surface area contributed by atoms with Crippen LogP contribution in [0, 0.1) is 22.7 Å². The van der Waals surface area contributed by atoms with Crippen LogP contribution in [-0.2, 0) is 0 Å². The van der Waals surface area contributed by atoms with E-state index >= 15 is 0 Å². The third-order valence-electron chi connectivity index (χ3n) is 6.65. The Morgan fingerprint density at radius 2 is 1.38 bits per heavy atom. The van der Waals surface area contributed by atoms with E-state index in [0.29, 0.717) is 28.3 Å². The molecule has 0 radical (unpaired) electrons. The second kappa shape index (κ2) is 13.0. The van der Waals surface area contributed by atoms with Crippen LogP contribution in [0.25, 0.3) is 5.76 Å². The quantitative estimate of drug-likeness (QED) is 0.208. The van der Waals surface area contributed by atoms with Gasteiger partial charge in [0, 0.05) is 9.79 Å². The van der Waals surface area contributed by atoms with E-state index in [9.17, 15) is 10.5 Å². The highest BCUT2D eigenvalue weighted by atomic mass is 32.2. The van der Waals surface area contributed by atoms with Crippen molar-refractivity contribution in [3.63, 3.8) is 0 Å². The minimum absolute atomic E-state index is 0.117. The highest BCUT2D eigenvalue weighted by Crippen LogP contribution is 2.41. The molecule has 0 bridgehead atoms. The predicted molar refractivity (Wildman–Crippen MR) is 172 cm³/mol. The number of allylic oxidation sites excluding steroid dienone is 1. The highest BCUT2D eigenvalue weighted by molar-refractivity contribution is 8.14. The number of nitrogens with zero attached hydrogens (tertiary/aromatic N) is 3. The molecule has 0 saturated carbocycles. The summed E-state index contributed by atoms with van der Waals surface area (Å²) in [6.45, 7) is 8.39.